The molecule has 0 radical (unpaired) electrons. The van der Waals surface area contributed by atoms with E-state index in [1.165, 1.54) is 0 Å². The van der Waals surface area contributed by atoms with Gasteiger partial charge in [0.15, 0.2) is 0 Å². The van der Waals surface area contributed by atoms with Gasteiger partial charge in [-0.05, 0) is 43.4 Å². The lowest BCUT2D eigenvalue weighted by atomic mass is 9.79. The number of ketones is 1. The summed E-state index contributed by atoms with van der Waals surface area (Å²) < 4.78 is 5.41. The molecule has 3 rings (SSSR count). The third-order valence-electron chi connectivity index (χ3n) is 5.44. The first-order valence-electron chi connectivity index (χ1n) is 6.82. The molecule has 3 nitrogen and oxygen atoms in total. The molecule has 0 N–H and O–H groups in total. The van der Waals surface area contributed by atoms with Crippen LogP contribution >= 0.6 is 0 Å². The standard InChI is InChI=1S/C15H20O3/c1-8(16)4-5-11-12-6-10-9(2)14(17)18-13(10)7-15(11,12)3/h10-13H,2,4-7H2,1,3H3/t10-,11-,12-,13-,15+/m0/s1. The Labute approximate surface area is 108 Å². The Morgan fingerprint density at radius 1 is 1.56 bits per heavy atom. The summed E-state index contributed by atoms with van der Waals surface area (Å²) in [6.07, 6.45) is 3.71. The predicted molar refractivity (Wildman–Crippen MR) is 66.7 cm³/mol. The smallest absolute Gasteiger partial charge is 0.334 e. The maximum absolute atomic E-state index is 11.5. The van der Waals surface area contributed by atoms with E-state index in [2.05, 4.69) is 13.5 Å². The highest BCUT2D eigenvalue weighted by Crippen LogP contribution is 2.70. The van der Waals surface area contributed by atoms with Gasteiger partial charge in [-0.15, -0.1) is 0 Å². The van der Waals surface area contributed by atoms with E-state index in [4.69, 9.17) is 4.74 Å². The predicted octanol–water partition coefficient (Wildman–Crippen LogP) is 2.50. The summed E-state index contributed by atoms with van der Waals surface area (Å²) in [4.78, 5) is 22.6. The molecule has 0 bridgehead atoms. The van der Waals surface area contributed by atoms with Crippen molar-refractivity contribution in [3.63, 3.8) is 0 Å². The van der Waals surface area contributed by atoms with Gasteiger partial charge in [-0.1, -0.05) is 13.5 Å². The molecule has 2 aliphatic carbocycles. The average Bonchev–Trinajstić information content (AvgIpc) is 2.77. The molecule has 0 aromatic rings. The van der Waals surface area contributed by atoms with E-state index in [0.29, 0.717) is 29.2 Å². The summed E-state index contributed by atoms with van der Waals surface area (Å²) in [6.45, 7) is 7.81. The molecule has 0 aromatic carbocycles. The van der Waals surface area contributed by atoms with Crippen molar-refractivity contribution in [3.05, 3.63) is 12.2 Å². The van der Waals surface area contributed by atoms with Crippen molar-refractivity contribution in [2.45, 2.75) is 45.6 Å². The second-order valence-corrected chi connectivity index (χ2v) is 6.47. The minimum atomic E-state index is -0.199. The van der Waals surface area contributed by atoms with Crippen LogP contribution in [0.3, 0.4) is 0 Å². The number of hydrogen-bond donors (Lipinski definition) is 0. The van der Waals surface area contributed by atoms with Crippen LogP contribution in [0.2, 0.25) is 0 Å². The van der Waals surface area contributed by atoms with E-state index < -0.39 is 0 Å². The highest BCUT2D eigenvalue weighted by molar-refractivity contribution is 5.90. The normalized spacial score (nSPS) is 45.2. The van der Waals surface area contributed by atoms with Crippen LogP contribution in [0.15, 0.2) is 12.2 Å². The molecular formula is C15H20O3. The highest BCUT2D eigenvalue weighted by Gasteiger charge is 2.66. The number of rotatable bonds is 3. The minimum absolute atomic E-state index is 0.0496. The third kappa shape index (κ3) is 1.56. The van der Waals surface area contributed by atoms with E-state index in [-0.39, 0.29) is 23.8 Å². The van der Waals surface area contributed by atoms with Gasteiger partial charge in [0.25, 0.3) is 0 Å². The number of hydrogen-bond acceptors (Lipinski definition) is 3. The number of carbonyl (C=O) groups excluding carboxylic acids is 2. The topological polar surface area (TPSA) is 43.4 Å². The van der Waals surface area contributed by atoms with Crippen LogP contribution in [0.1, 0.15) is 39.5 Å². The average molecular weight is 248 g/mol. The van der Waals surface area contributed by atoms with Gasteiger partial charge in [-0.2, -0.15) is 0 Å². The summed E-state index contributed by atoms with van der Waals surface area (Å²) in [5.41, 5.74) is 0.959. The van der Waals surface area contributed by atoms with Crippen molar-refractivity contribution in [2.75, 3.05) is 0 Å². The molecule has 18 heavy (non-hydrogen) atoms. The molecule has 0 amide bonds. The molecule has 1 saturated heterocycles. The van der Waals surface area contributed by atoms with Gasteiger partial charge < -0.3 is 9.53 Å². The number of carbonyl (C=O) groups is 2. The first-order valence-corrected chi connectivity index (χ1v) is 6.82. The van der Waals surface area contributed by atoms with Crippen molar-refractivity contribution in [2.24, 2.45) is 23.2 Å². The van der Waals surface area contributed by atoms with Crippen LogP contribution in [-0.4, -0.2) is 17.9 Å². The zero-order chi connectivity index (χ0) is 13.1. The van der Waals surface area contributed by atoms with Crippen molar-refractivity contribution < 1.29 is 14.3 Å². The zero-order valence-electron chi connectivity index (χ0n) is 11.1. The third-order valence-corrected chi connectivity index (χ3v) is 5.44. The van der Waals surface area contributed by atoms with E-state index in [1.54, 1.807) is 6.92 Å². The molecular weight excluding hydrogens is 228 g/mol. The summed E-state index contributed by atoms with van der Waals surface area (Å²) in [5, 5.41) is 0. The van der Waals surface area contributed by atoms with Gasteiger partial charge in [0.1, 0.15) is 11.9 Å². The summed E-state index contributed by atoms with van der Waals surface area (Å²) >= 11 is 0. The molecule has 3 aliphatic rings. The molecule has 1 aliphatic heterocycles. The first kappa shape index (κ1) is 11.9. The fraction of sp³-hybridized carbons (Fsp3) is 0.733. The first-order chi connectivity index (χ1) is 8.43. The van der Waals surface area contributed by atoms with Gasteiger partial charge in [0.05, 0.1) is 0 Å². The zero-order valence-corrected chi connectivity index (χ0v) is 11.1. The molecule has 2 saturated carbocycles. The van der Waals surface area contributed by atoms with Crippen LogP contribution in [0.25, 0.3) is 0 Å². The van der Waals surface area contributed by atoms with Crippen molar-refractivity contribution >= 4 is 11.8 Å². The van der Waals surface area contributed by atoms with Crippen LogP contribution in [0.5, 0.6) is 0 Å². The quantitative estimate of drug-likeness (QED) is 0.569. The lowest BCUT2D eigenvalue weighted by Crippen LogP contribution is -2.26. The fourth-order valence-electron chi connectivity index (χ4n) is 4.25. The maximum Gasteiger partial charge on any atom is 0.334 e. The second-order valence-electron chi connectivity index (χ2n) is 6.47. The number of esters is 1. The van der Waals surface area contributed by atoms with Crippen molar-refractivity contribution in [1.29, 1.82) is 0 Å². The molecule has 98 valence electrons. The van der Waals surface area contributed by atoms with Gasteiger partial charge >= 0.3 is 5.97 Å². The molecule has 0 spiro atoms. The molecule has 0 aromatic heterocycles. The molecule has 5 atom stereocenters. The number of ether oxygens (including phenoxy) is 1. The van der Waals surface area contributed by atoms with Gasteiger partial charge in [0.2, 0.25) is 0 Å². The van der Waals surface area contributed by atoms with Crippen LogP contribution in [-0.2, 0) is 14.3 Å². The summed E-state index contributed by atoms with van der Waals surface area (Å²) in [6, 6.07) is 0. The highest BCUT2D eigenvalue weighted by atomic mass is 16.6. The lowest BCUT2D eigenvalue weighted by Gasteiger charge is -2.27. The fourth-order valence-corrected chi connectivity index (χ4v) is 4.25. The van der Waals surface area contributed by atoms with Crippen molar-refractivity contribution in [3.8, 4) is 0 Å². The van der Waals surface area contributed by atoms with E-state index in [0.717, 1.165) is 19.3 Å². The Morgan fingerprint density at radius 3 is 2.94 bits per heavy atom. The Hall–Kier alpha value is -1.12. The Morgan fingerprint density at radius 2 is 2.28 bits per heavy atom. The van der Waals surface area contributed by atoms with Gasteiger partial charge in [-0.25, -0.2) is 4.79 Å². The molecule has 0 unspecified atom stereocenters. The summed E-state index contributed by atoms with van der Waals surface area (Å²) in [5.74, 6) is 1.61. The van der Waals surface area contributed by atoms with Gasteiger partial charge in [-0.3, -0.25) is 0 Å². The SMILES string of the molecule is C=C1C(=O)O[C@H]2C[C@]3(C)[C@@H](CCC(C)=O)[C@@H]3C[C@@H]12. The maximum atomic E-state index is 11.5. The largest absolute Gasteiger partial charge is 0.458 e. The van der Waals surface area contributed by atoms with Crippen LogP contribution in [0.4, 0.5) is 0 Å². The van der Waals surface area contributed by atoms with E-state index in [9.17, 15) is 9.59 Å². The molecule has 1 heterocycles. The van der Waals surface area contributed by atoms with Crippen LogP contribution in [0, 0.1) is 23.2 Å². The monoisotopic (exact) mass is 248 g/mol. The van der Waals surface area contributed by atoms with Crippen molar-refractivity contribution in [1.82, 2.24) is 0 Å². The Balaban J connectivity index is 1.69. The lowest BCUT2D eigenvalue weighted by molar-refractivity contribution is -0.140. The Bertz CT molecular complexity index is 439. The number of Topliss-reactive ketones (excluding diaryl/α,β-unsaturated/α-hetero) is 1. The van der Waals surface area contributed by atoms with E-state index >= 15 is 0 Å². The van der Waals surface area contributed by atoms with Crippen LogP contribution < -0.4 is 0 Å². The minimum Gasteiger partial charge on any atom is -0.458 e. The second kappa shape index (κ2) is 3.69. The summed E-state index contributed by atoms with van der Waals surface area (Å²) in [7, 11) is 0. The Kier molecular flexibility index (Phi) is 2.45. The molecule has 3 fully saturated rings. The number of fused-ring (bicyclic) bond motifs is 2. The molecule has 3 heteroatoms. The van der Waals surface area contributed by atoms with E-state index in [1.807, 2.05) is 0 Å². The van der Waals surface area contributed by atoms with Gasteiger partial charge in [0, 0.05) is 17.9 Å².